The smallest absolute Gasteiger partial charge is 0.298 e. The highest BCUT2D eigenvalue weighted by molar-refractivity contribution is 8.00. The fourth-order valence-corrected chi connectivity index (χ4v) is 5.41. The van der Waals surface area contributed by atoms with Crippen molar-refractivity contribution in [2.45, 2.75) is 44.4 Å². The van der Waals surface area contributed by atoms with Crippen LogP contribution in [0.25, 0.3) is 21.0 Å². The Balaban J connectivity index is 0.000000501. The van der Waals surface area contributed by atoms with Crippen LogP contribution in [0.4, 0.5) is 0 Å². The van der Waals surface area contributed by atoms with Crippen molar-refractivity contribution in [3.63, 3.8) is 0 Å². The van der Waals surface area contributed by atoms with E-state index in [2.05, 4.69) is 52.1 Å². The highest BCUT2D eigenvalue weighted by atomic mass is 32.3. The summed E-state index contributed by atoms with van der Waals surface area (Å²) in [7, 11) is -3.60. The van der Waals surface area contributed by atoms with Crippen molar-refractivity contribution in [3.05, 3.63) is 36.4 Å². The number of thiazole rings is 1. The maximum Gasteiger partial charge on any atom is 0.298 e. The lowest BCUT2D eigenvalue weighted by atomic mass is 10.1. The molecule has 0 saturated heterocycles. The molecule has 10 heteroatoms. The number of hydrogen-bond acceptors (Lipinski definition) is 8. The summed E-state index contributed by atoms with van der Waals surface area (Å²) >= 11 is 3.80. The summed E-state index contributed by atoms with van der Waals surface area (Å²) in [6, 6.07) is 13.2. The maximum absolute atomic E-state index is 9.22. The van der Waals surface area contributed by atoms with Crippen molar-refractivity contribution >= 4 is 54.5 Å². The van der Waals surface area contributed by atoms with Gasteiger partial charge in [0, 0.05) is 25.0 Å². The van der Waals surface area contributed by atoms with Crippen molar-refractivity contribution in [3.8, 4) is 0 Å². The third kappa shape index (κ3) is 7.98. The Morgan fingerprint density at radius 1 is 1.10 bits per heavy atom. The Hall–Kier alpha value is -1.27. The van der Waals surface area contributed by atoms with E-state index >= 15 is 0 Å². The number of benzene rings is 2. The van der Waals surface area contributed by atoms with E-state index in [-0.39, 0.29) is 6.29 Å². The Labute approximate surface area is 192 Å². The fourth-order valence-electron chi connectivity index (χ4n) is 3.01. The highest BCUT2D eigenvalue weighted by Gasteiger charge is 2.23. The van der Waals surface area contributed by atoms with Crippen LogP contribution in [0.5, 0.6) is 0 Å². The molecule has 0 aliphatic rings. The lowest BCUT2D eigenvalue weighted by Gasteiger charge is -2.15. The largest absolute Gasteiger partial charge is 0.726 e. The van der Waals surface area contributed by atoms with Gasteiger partial charge in [0.1, 0.15) is 4.70 Å². The normalized spacial score (nSPS) is 11.8. The molecule has 0 aliphatic heterocycles. The van der Waals surface area contributed by atoms with Crippen molar-refractivity contribution in [1.82, 2.24) is 0 Å². The monoisotopic (exact) mass is 487 g/mol. The van der Waals surface area contributed by atoms with Crippen LogP contribution >= 0.6 is 23.1 Å². The maximum atomic E-state index is 9.22. The van der Waals surface area contributed by atoms with Crippen LogP contribution in [0.2, 0.25) is 0 Å². The number of rotatable bonds is 10. The van der Waals surface area contributed by atoms with Gasteiger partial charge in [-0.3, -0.25) is 4.18 Å². The zero-order valence-corrected chi connectivity index (χ0v) is 20.6. The number of aromatic nitrogens is 1. The summed E-state index contributed by atoms with van der Waals surface area (Å²) in [6.07, 6.45) is 0.736. The van der Waals surface area contributed by atoms with Gasteiger partial charge in [0.2, 0.25) is 15.9 Å². The first-order chi connectivity index (χ1) is 14.8. The lowest BCUT2D eigenvalue weighted by Crippen LogP contribution is -2.37. The number of hydrogen-bond donors (Lipinski definition) is 0. The van der Waals surface area contributed by atoms with Crippen LogP contribution in [-0.4, -0.2) is 45.3 Å². The van der Waals surface area contributed by atoms with Crippen LogP contribution in [-0.2, 0) is 30.6 Å². The average molecular weight is 488 g/mol. The second kappa shape index (κ2) is 12.7. The third-order valence-corrected chi connectivity index (χ3v) is 7.01. The van der Waals surface area contributed by atoms with E-state index in [1.165, 1.54) is 25.3 Å². The highest BCUT2D eigenvalue weighted by Crippen LogP contribution is 2.31. The van der Waals surface area contributed by atoms with Gasteiger partial charge in [-0.2, -0.15) is 4.57 Å². The van der Waals surface area contributed by atoms with E-state index < -0.39 is 10.4 Å². The summed E-state index contributed by atoms with van der Waals surface area (Å²) in [4.78, 5) is 0. The molecule has 3 rings (SSSR count). The first-order valence-corrected chi connectivity index (χ1v) is 13.2. The van der Waals surface area contributed by atoms with E-state index in [1.54, 1.807) is 0 Å². The van der Waals surface area contributed by atoms with Gasteiger partial charge in [-0.1, -0.05) is 42.5 Å². The van der Waals surface area contributed by atoms with Crippen molar-refractivity contribution in [2.24, 2.45) is 0 Å². The molecule has 0 unspecified atom stereocenters. The molecule has 0 spiro atoms. The molecule has 0 amide bonds. The minimum Gasteiger partial charge on any atom is -0.726 e. The lowest BCUT2D eigenvalue weighted by molar-refractivity contribution is -0.704. The van der Waals surface area contributed by atoms with Gasteiger partial charge in [0.25, 0.3) is 4.34 Å². The molecular weight excluding hydrogens is 458 g/mol. The Kier molecular flexibility index (Phi) is 10.6. The molecule has 3 aromatic rings. The minimum atomic E-state index is -4.41. The third-order valence-electron chi connectivity index (χ3n) is 4.30. The quantitative estimate of drug-likeness (QED) is 0.138. The van der Waals surface area contributed by atoms with Crippen molar-refractivity contribution in [2.75, 3.05) is 26.1 Å². The van der Waals surface area contributed by atoms with Crippen LogP contribution in [0, 0.1) is 0 Å². The molecule has 0 aliphatic carbocycles. The molecule has 31 heavy (non-hydrogen) atoms. The molecule has 172 valence electrons. The van der Waals surface area contributed by atoms with Gasteiger partial charge < -0.3 is 14.0 Å². The molecular formula is C21H29NO6S3. The first kappa shape index (κ1) is 26.0. The van der Waals surface area contributed by atoms with Gasteiger partial charge >= 0.3 is 0 Å². The van der Waals surface area contributed by atoms with Gasteiger partial charge in [0.15, 0.2) is 12.8 Å². The van der Waals surface area contributed by atoms with Gasteiger partial charge in [-0.25, -0.2) is 8.42 Å². The predicted molar refractivity (Wildman–Crippen MR) is 124 cm³/mol. The summed E-state index contributed by atoms with van der Waals surface area (Å²) in [5, 5.41) is 2.60. The number of ether oxygens (including phenoxy) is 2. The number of thioether (sulfide) groups is 1. The van der Waals surface area contributed by atoms with E-state index in [9.17, 15) is 13.0 Å². The summed E-state index contributed by atoms with van der Waals surface area (Å²) < 4.78 is 47.6. The molecule has 2 aromatic carbocycles. The Morgan fingerprint density at radius 3 is 2.19 bits per heavy atom. The van der Waals surface area contributed by atoms with Crippen LogP contribution < -0.4 is 4.57 Å². The standard InChI is InChI=1S/C20H26NO2S2.CH4O4S/c1-4-22-19(23-5-2)11-12-21-17-13-15-9-7-8-10-16(15)14-18(17)25-20(21)24-6-3;1-5-6(2,3)4/h7-10,13-14,19H,4-6,11-12H2,1-3H3;1H3,(H,2,3,4)/q+1;/p-1. The summed E-state index contributed by atoms with van der Waals surface area (Å²) in [5.74, 6) is 1.08. The minimum absolute atomic E-state index is 0.127. The summed E-state index contributed by atoms with van der Waals surface area (Å²) in [6.45, 7) is 8.51. The van der Waals surface area contributed by atoms with Crippen LogP contribution in [0.15, 0.2) is 40.7 Å². The molecule has 7 nitrogen and oxygen atoms in total. The van der Waals surface area contributed by atoms with E-state index in [4.69, 9.17) is 9.47 Å². The zero-order chi connectivity index (χ0) is 22.9. The summed E-state index contributed by atoms with van der Waals surface area (Å²) in [5.41, 5.74) is 1.31. The van der Waals surface area contributed by atoms with Crippen LogP contribution in [0.3, 0.4) is 0 Å². The van der Waals surface area contributed by atoms with Gasteiger partial charge in [-0.05, 0) is 42.4 Å². The van der Waals surface area contributed by atoms with Crippen molar-refractivity contribution in [1.29, 1.82) is 0 Å². The molecule has 1 aromatic heterocycles. The molecule has 0 N–H and O–H groups in total. The van der Waals surface area contributed by atoms with E-state index in [0.717, 1.165) is 25.8 Å². The number of nitrogens with zero attached hydrogens (tertiary/aromatic N) is 1. The average Bonchev–Trinajstić information content (AvgIpc) is 3.07. The van der Waals surface area contributed by atoms with Crippen molar-refractivity contribution < 1.29 is 31.2 Å². The molecule has 1 heterocycles. The molecule has 0 saturated carbocycles. The fraction of sp³-hybridized carbons (Fsp3) is 0.476. The number of aryl methyl sites for hydroxylation is 1. The Bertz CT molecular complexity index is 1060. The predicted octanol–water partition coefficient (Wildman–Crippen LogP) is 4.34. The van der Waals surface area contributed by atoms with Crippen LogP contribution in [0.1, 0.15) is 27.2 Å². The second-order valence-electron chi connectivity index (χ2n) is 6.32. The molecule has 0 radical (unpaired) electrons. The molecule has 0 fully saturated rings. The topological polar surface area (TPSA) is 88.8 Å². The Morgan fingerprint density at radius 2 is 1.68 bits per heavy atom. The number of fused-ring (bicyclic) bond motifs is 2. The molecule has 0 bridgehead atoms. The second-order valence-corrected chi connectivity index (χ2v) is 10.0. The van der Waals surface area contributed by atoms with E-state index in [1.807, 2.05) is 36.9 Å². The van der Waals surface area contributed by atoms with Gasteiger partial charge in [-0.15, -0.1) is 0 Å². The van der Waals surface area contributed by atoms with Gasteiger partial charge in [0.05, 0.1) is 13.5 Å². The van der Waals surface area contributed by atoms with E-state index in [0.29, 0.717) is 13.2 Å². The zero-order valence-electron chi connectivity index (χ0n) is 18.2. The first-order valence-electron chi connectivity index (χ1n) is 10.0. The SMILES string of the molecule is CCOC(CC[n+]1c(SCC)sc2cc3ccccc3cc21)OCC.COS(=O)(=O)[O-]. The molecule has 0 atom stereocenters.